The van der Waals surface area contributed by atoms with Crippen molar-refractivity contribution >= 4 is 21.6 Å². The highest BCUT2D eigenvalue weighted by Crippen LogP contribution is 2.24. The molecule has 116 valence electrons. The van der Waals surface area contributed by atoms with Crippen molar-refractivity contribution in [1.82, 2.24) is 10.0 Å². The maximum Gasteiger partial charge on any atom is 0.241 e. The number of hydrazine groups is 1. The van der Waals surface area contributed by atoms with Crippen molar-refractivity contribution in [3.8, 4) is 0 Å². The summed E-state index contributed by atoms with van der Waals surface area (Å²) in [5.41, 5.74) is 4.29. The van der Waals surface area contributed by atoms with Crippen LogP contribution >= 0.6 is 0 Å². The maximum atomic E-state index is 12.5. The molecule has 1 aromatic rings. The fraction of sp³-hybridized carbons (Fsp3) is 0.462. The largest absolute Gasteiger partial charge is 0.355 e. The zero-order chi connectivity index (χ0) is 15.6. The minimum atomic E-state index is -3.76. The number of aryl methyl sites for hydroxylation is 2. The first-order valence-corrected chi connectivity index (χ1v) is 8.21. The van der Waals surface area contributed by atoms with Crippen LogP contribution in [0.15, 0.2) is 17.0 Å². The predicted octanol–water partition coefficient (Wildman–Crippen LogP) is 0.146. The van der Waals surface area contributed by atoms with Gasteiger partial charge >= 0.3 is 0 Å². The quantitative estimate of drug-likeness (QED) is 0.467. The van der Waals surface area contributed by atoms with Gasteiger partial charge in [0.1, 0.15) is 6.04 Å². The molecule has 1 saturated heterocycles. The lowest BCUT2D eigenvalue weighted by atomic mass is 10.1. The number of sulfonamides is 1. The Morgan fingerprint density at radius 1 is 1.29 bits per heavy atom. The Kier molecular flexibility index (Phi) is 4.50. The van der Waals surface area contributed by atoms with Gasteiger partial charge in [-0.05, 0) is 49.9 Å². The summed E-state index contributed by atoms with van der Waals surface area (Å²) in [4.78, 5) is 11.9. The molecule has 1 aliphatic rings. The zero-order valence-corrected chi connectivity index (χ0v) is 12.9. The molecule has 1 aliphatic heterocycles. The first kappa shape index (κ1) is 15.7. The summed E-state index contributed by atoms with van der Waals surface area (Å²) >= 11 is 0. The van der Waals surface area contributed by atoms with Gasteiger partial charge in [-0.2, -0.15) is 4.72 Å². The summed E-state index contributed by atoms with van der Waals surface area (Å²) < 4.78 is 27.6. The fourth-order valence-electron chi connectivity index (χ4n) is 2.59. The van der Waals surface area contributed by atoms with E-state index in [1.807, 2.05) is 0 Å². The number of carbonyl (C=O) groups excluding carboxylic acids is 1. The number of rotatable bonds is 4. The molecule has 0 aliphatic carbocycles. The topological polar surface area (TPSA) is 113 Å². The van der Waals surface area contributed by atoms with Crippen LogP contribution in [0.3, 0.4) is 0 Å². The number of carbonyl (C=O) groups is 1. The Balaban J connectivity index is 2.33. The molecule has 1 heterocycles. The maximum absolute atomic E-state index is 12.5. The highest BCUT2D eigenvalue weighted by Gasteiger charge is 2.29. The molecule has 1 fully saturated rings. The van der Waals surface area contributed by atoms with Crippen LogP contribution in [0.4, 0.5) is 5.69 Å². The third kappa shape index (κ3) is 3.34. The number of anilines is 1. The molecule has 2 rings (SSSR count). The Bertz CT molecular complexity index is 634. The Morgan fingerprint density at radius 3 is 2.43 bits per heavy atom. The van der Waals surface area contributed by atoms with Crippen molar-refractivity contribution < 1.29 is 13.2 Å². The van der Waals surface area contributed by atoms with E-state index in [2.05, 4.69) is 15.5 Å². The standard InChI is InChI=1S/C13H20N4O3S/c1-8-6-10(16-14)7-9(2)12(8)21(19,20)17-11-4-3-5-15-13(11)18/h6-7,11,16-17H,3-5,14H2,1-2H3,(H,15,18). The van der Waals surface area contributed by atoms with Gasteiger partial charge in [0.15, 0.2) is 0 Å². The first-order valence-electron chi connectivity index (χ1n) is 6.73. The summed E-state index contributed by atoms with van der Waals surface area (Å²) in [6, 6.07) is 2.60. The Morgan fingerprint density at radius 2 is 1.90 bits per heavy atom. The average Bonchev–Trinajstić information content (AvgIpc) is 2.40. The van der Waals surface area contributed by atoms with Crippen molar-refractivity contribution in [1.29, 1.82) is 0 Å². The van der Waals surface area contributed by atoms with Gasteiger partial charge < -0.3 is 10.7 Å². The molecular formula is C13H20N4O3S. The second-order valence-electron chi connectivity index (χ2n) is 5.19. The number of nitrogens with two attached hydrogens (primary N) is 1. The number of nitrogens with one attached hydrogen (secondary N) is 3. The Hall–Kier alpha value is -1.64. The highest BCUT2D eigenvalue weighted by molar-refractivity contribution is 7.89. The average molecular weight is 312 g/mol. The molecule has 1 aromatic carbocycles. The van der Waals surface area contributed by atoms with E-state index in [9.17, 15) is 13.2 Å². The van der Waals surface area contributed by atoms with E-state index in [1.54, 1.807) is 26.0 Å². The second kappa shape index (κ2) is 6.00. The molecule has 0 saturated carbocycles. The van der Waals surface area contributed by atoms with E-state index in [4.69, 9.17) is 5.84 Å². The van der Waals surface area contributed by atoms with Gasteiger partial charge in [-0.15, -0.1) is 0 Å². The van der Waals surface area contributed by atoms with Crippen LogP contribution in [0.5, 0.6) is 0 Å². The lowest BCUT2D eigenvalue weighted by Gasteiger charge is -2.23. The minimum absolute atomic E-state index is 0.194. The molecule has 5 N–H and O–H groups in total. The van der Waals surface area contributed by atoms with Crippen LogP contribution in [-0.2, 0) is 14.8 Å². The predicted molar refractivity (Wildman–Crippen MR) is 80.1 cm³/mol. The number of benzene rings is 1. The number of piperidine rings is 1. The molecule has 1 atom stereocenters. The number of nitrogen functional groups attached to an aromatic ring is 1. The number of amides is 1. The smallest absolute Gasteiger partial charge is 0.241 e. The van der Waals surface area contributed by atoms with Gasteiger partial charge in [0.05, 0.1) is 4.90 Å². The van der Waals surface area contributed by atoms with Crippen LogP contribution in [0, 0.1) is 13.8 Å². The number of hydrogen-bond acceptors (Lipinski definition) is 5. The van der Waals surface area contributed by atoms with Crippen molar-refractivity contribution in [2.75, 3.05) is 12.0 Å². The van der Waals surface area contributed by atoms with Crippen molar-refractivity contribution in [3.05, 3.63) is 23.3 Å². The highest BCUT2D eigenvalue weighted by atomic mass is 32.2. The molecule has 0 aromatic heterocycles. The van der Waals surface area contributed by atoms with E-state index in [0.717, 1.165) is 6.42 Å². The molecule has 1 amide bonds. The van der Waals surface area contributed by atoms with E-state index in [0.29, 0.717) is 29.8 Å². The van der Waals surface area contributed by atoms with Crippen molar-refractivity contribution in [2.24, 2.45) is 5.84 Å². The zero-order valence-electron chi connectivity index (χ0n) is 12.1. The summed E-state index contributed by atoms with van der Waals surface area (Å²) in [5, 5.41) is 2.66. The SMILES string of the molecule is Cc1cc(NN)cc(C)c1S(=O)(=O)NC1CCCNC1=O. The summed E-state index contributed by atoms with van der Waals surface area (Å²) in [7, 11) is -3.76. The fourth-order valence-corrected chi connectivity index (χ4v) is 4.27. The monoisotopic (exact) mass is 312 g/mol. The van der Waals surface area contributed by atoms with Crippen LogP contribution in [0.25, 0.3) is 0 Å². The lowest BCUT2D eigenvalue weighted by molar-refractivity contribution is -0.124. The van der Waals surface area contributed by atoms with E-state index >= 15 is 0 Å². The molecule has 0 spiro atoms. The minimum Gasteiger partial charge on any atom is -0.355 e. The van der Waals surface area contributed by atoms with Crippen molar-refractivity contribution in [3.63, 3.8) is 0 Å². The third-order valence-electron chi connectivity index (χ3n) is 3.48. The van der Waals surface area contributed by atoms with Crippen LogP contribution in [0.1, 0.15) is 24.0 Å². The molecule has 7 nitrogen and oxygen atoms in total. The first-order chi connectivity index (χ1) is 9.85. The summed E-state index contributed by atoms with van der Waals surface area (Å²) in [6.07, 6.45) is 1.26. The van der Waals surface area contributed by atoms with Gasteiger partial charge in [-0.1, -0.05) is 0 Å². The van der Waals surface area contributed by atoms with Gasteiger partial charge in [0.2, 0.25) is 15.9 Å². The molecular weight excluding hydrogens is 292 g/mol. The van der Waals surface area contributed by atoms with Gasteiger partial charge in [-0.3, -0.25) is 10.6 Å². The molecule has 21 heavy (non-hydrogen) atoms. The van der Waals surface area contributed by atoms with Gasteiger partial charge in [-0.25, -0.2) is 8.42 Å². The van der Waals surface area contributed by atoms with Gasteiger partial charge in [0.25, 0.3) is 0 Å². The van der Waals surface area contributed by atoms with Crippen LogP contribution < -0.4 is 21.3 Å². The lowest BCUT2D eigenvalue weighted by Crippen LogP contribution is -2.50. The summed E-state index contributed by atoms with van der Waals surface area (Å²) in [6.45, 7) is 3.98. The van der Waals surface area contributed by atoms with E-state index in [-0.39, 0.29) is 10.8 Å². The normalized spacial score (nSPS) is 19.2. The van der Waals surface area contributed by atoms with Crippen LogP contribution in [0.2, 0.25) is 0 Å². The Labute approximate surface area is 124 Å². The second-order valence-corrected chi connectivity index (χ2v) is 6.84. The number of hydrogen-bond donors (Lipinski definition) is 4. The van der Waals surface area contributed by atoms with E-state index < -0.39 is 16.1 Å². The van der Waals surface area contributed by atoms with Crippen molar-refractivity contribution in [2.45, 2.75) is 37.6 Å². The molecule has 8 heteroatoms. The van der Waals surface area contributed by atoms with E-state index in [1.165, 1.54) is 0 Å². The summed E-state index contributed by atoms with van der Waals surface area (Å²) in [5.74, 6) is 5.07. The molecule has 0 radical (unpaired) electrons. The van der Waals surface area contributed by atoms with Crippen LogP contribution in [-0.4, -0.2) is 26.9 Å². The molecule has 0 bridgehead atoms. The van der Waals surface area contributed by atoms with Gasteiger partial charge in [0, 0.05) is 12.2 Å². The molecule has 1 unspecified atom stereocenters. The third-order valence-corrected chi connectivity index (χ3v) is 5.25.